The van der Waals surface area contributed by atoms with Crippen LogP contribution in [0, 0.1) is 0 Å². The van der Waals surface area contributed by atoms with Crippen LogP contribution in [0.25, 0.3) is 0 Å². The number of rotatable bonds is 8. The van der Waals surface area contributed by atoms with Crippen LogP contribution in [0.3, 0.4) is 0 Å². The van der Waals surface area contributed by atoms with Gasteiger partial charge in [0.05, 0.1) is 0 Å². The molecular formula is C10H18N2O5. The fourth-order valence-electron chi connectivity index (χ4n) is 1.16. The number of carboxylic acid groups (broad SMARTS) is 2. The van der Waals surface area contributed by atoms with Crippen LogP contribution in [0.5, 0.6) is 0 Å². The Morgan fingerprint density at radius 3 is 2.35 bits per heavy atom. The molecule has 7 nitrogen and oxygen atoms in total. The number of carbonyl (C=O) groups excluding carboxylic acids is 1. The van der Waals surface area contributed by atoms with E-state index in [1.807, 2.05) is 6.92 Å². The number of nitrogens with one attached hydrogen (secondary N) is 2. The quantitative estimate of drug-likeness (QED) is 0.495. The lowest BCUT2D eigenvalue weighted by Crippen LogP contribution is -2.46. The summed E-state index contributed by atoms with van der Waals surface area (Å²) < 4.78 is 0. The van der Waals surface area contributed by atoms with Gasteiger partial charge in [-0.05, 0) is 19.3 Å². The van der Waals surface area contributed by atoms with E-state index in [0.29, 0.717) is 6.54 Å². The second kappa shape index (κ2) is 8.37. The molecule has 0 heterocycles. The van der Waals surface area contributed by atoms with Crippen molar-refractivity contribution in [3.63, 3.8) is 0 Å². The Hall–Kier alpha value is -1.79. The smallest absolute Gasteiger partial charge is 0.326 e. The van der Waals surface area contributed by atoms with Gasteiger partial charge in [-0.3, -0.25) is 4.79 Å². The lowest BCUT2D eigenvalue weighted by atomic mass is 10.1. The molecule has 0 aromatic carbocycles. The fourth-order valence-corrected chi connectivity index (χ4v) is 1.16. The first-order chi connectivity index (χ1) is 7.97. The Kier molecular flexibility index (Phi) is 7.49. The van der Waals surface area contributed by atoms with Crippen molar-refractivity contribution >= 4 is 18.0 Å². The van der Waals surface area contributed by atoms with E-state index in [0.717, 1.165) is 6.42 Å². The third-order valence-corrected chi connectivity index (χ3v) is 2.02. The number of amides is 2. The van der Waals surface area contributed by atoms with Crippen LogP contribution in [0.2, 0.25) is 0 Å². The first-order valence-electron chi connectivity index (χ1n) is 5.46. The van der Waals surface area contributed by atoms with Crippen LogP contribution in [0.15, 0.2) is 0 Å². The summed E-state index contributed by atoms with van der Waals surface area (Å²) in [4.78, 5) is 32.3. The Bertz CT molecular complexity index is 280. The third-order valence-electron chi connectivity index (χ3n) is 2.02. The Labute approximate surface area is 99.2 Å². The molecule has 0 saturated carbocycles. The summed E-state index contributed by atoms with van der Waals surface area (Å²) in [6, 6.07) is -1.60. The van der Waals surface area contributed by atoms with E-state index in [-0.39, 0.29) is 19.3 Å². The van der Waals surface area contributed by atoms with E-state index in [1.165, 1.54) is 0 Å². The van der Waals surface area contributed by atoms with Crippen LogP contribution in [-0.4, -0.2) is 40.8 Å². The average Bonchev–Trinajstić information content (AvgIpc) is 2.24. The van der Waals surface area contributed by atoms with Gasteiger partial charge in [0.1, 0.15) is 6.04 Å². The van der Waals surface area contributed by atoms with Crippen molar-refractivity contribution < 1.29 is 24.6 Å². The molecule has 7 heteroatoms. The van der Waals surface area contributed by atoms with Crippen LogP contribution in [-0.2, 0) is 9.59 Å². The van der Waals surface area contributed by atoms with Crippen molar-refractivity contribution in [2.24, 2.45) is 0 Å². The van der Waals surface area contributed by atoms with Gasteiger partial charge >= 0.3 is 18.0 Å². The third kappa shape index (κ3) is 8.06. The topological polar surface area (TPSA) is 116 Å². The molecule has 2 amide bonds. The molecule has 0 radical (unpaired) electrons. The van der Waals surface area contributed by atoms with Crippen molar-refractivity contribution in [2.45, 2.75) is 38.6 Å². The molecule has 0 aliphatic rings. The van der Waals surface area contributed by atoms with Gasteiger partial charge in [0.25, 0.3) is 0 Å². The van der Waals surface area contributed by atoms with Crippen LogP contribution in [0.1, 0.15) is 32.6 Å². The van der Waals surface area contributed by atoms with Crippen LogP contribution in [0.4, 0.5) is 4.79 Å². The molecule has 0 aliphatic heterocycles. The van der Waals surface area contributed by atoms with E-state index in [4.69, 9.17) is 10.2 Å². The zero-order chi connectivity index (χ0) is 13.3. The second-order valence-corrected chi connectivity index (χ2v) is 3.58. The molecule has 0 unspecified atom stereocenters. The maximum atomic E-state index is 11.2. The van der Waals surface area contributed by atoms with E-state index in [1.54, 1.807) is 0 Å². The lowest BCUT2D eigenvalue weighted by molar-refractivity contribution is -0.140. The van der Waals surface area contributed by atoms with Crippen molar-refractivity contribution in [1.29, 1.82) is 0 Å². The highest BCUT2D eigenvalue weighted by Crippen LogP contribution is 2.01. The molecule has 17 heavy (non-hydrogen) atoms. The molecular weight excluding hydrogens is 228 g/mol. The normalized spacial score (nSPS) is 11.6. The number of carbonyl (C=O) groups is 3. The number of hydrogen-bond acceptors (Lipinski definition) is 3. The minimum atomic E-state index is -1.16. The minimum absolute atomic E-state index is 0.0984. The highest BCUT2D eigenvalue weighted by atomic mass is 16.4. The summed E-state index contributed by atoms with van der Waals surface area (Å²) in [5.41, 5.74) is 0. The maximum Gasteiger partial charge on any atom is 0.326 e. The molecule has 4 N–H and O–H groups in total. The Morgan fingerprint density at radius 2 is 1.88 bits per heavy atom. The van der Waals surface area contributed by atoms with E-state index >= 15 is 0 Å². The summed E-state index contributed by atoms with van der Waals surface area (Å²) in [5, 5.41) is 22.0. The van der Waals surface area contributed by atoms with Crippen LogP contribution < -0.4 is 10.6 Å². The van der Waals surface area contributed by atoms with Crippen LogP contribution >= 0.6 is 0 Å². The summed E-state index contributed by atoms with van der Waals surface area (Å²) in [5.74, 6) is -2.15. The molecule has 0 bridgehead atoms. The second-order valence-electron chi connectivity index (χ2n) is 3.58. The highest BCUT2D eigenvalue weighted by molar-refractivity contribution is 5.82. The predicted octanol–water partition coefficient (Wildman–Crippen LogP) is 0.404. The summed E-state index contributed by atoms with van der Waals surface area (Å²) >= 11 is 0. The SMILES string of the molecule is CCCNC(=O)N[C@H](CCCC(=O)O)C(=O)O. The number of urea groups is 1. The summed E-state index contributed by atoms with van der Waals surface area (Å²) in [6.45, 7) is 2.34. The zero-order valence-corrected chi connectivity index (χ0v) is 9.73. The van der Waals surface area contributed by atoms with Crippen molar-refractivity contribution in [3.8, 4) is 0 Å². The summed E-state index contributed by atoms with van der Waals surface area (Å²) in [7, 11) is 0. The molecule has 0 fully saturated rings. The molecule has 1 atom stereocenters. The van der Waals surface area contributed by atoms with Crippen molar-refractivity contribution in [1.82, 2.24) is 10.6 Å². The Balaban J connectivity index is 4.02. The van der Waals surface area contributed by atoms with Crippen molar-refractivity contribution in [3.05, 3.63) is 0 Å². The predicted molar refractivity (Wildman–Crippen MR) is 59.7 cm³/mol. The van der Waals surface area contributed by atoms with Gasteiger partial charge in [0.15, 0.2) is 0 Å². The Morgan fingerprint density at radius 1 is 1.24 bits per heavy atom. The molecule has 0 saturated heterocycles. The average molecular weight is 246 g/mol. The van der Waals surface area contributed by atoms with Gasteiger partial charge in [0, 0.05) is 13.0 Å². The standard InChI is InChI=1S/C10H18N2O5/c1-2-6-11-10(17)12-7(9(15)16)4-3-5-8(13)14/h7H,2-6H2,1H3,(H,13,14)(H,15,16)(H2,11,12,17)/t7-/m1/s1. The first-order valence-corrected chi connectivity index (χ1v) is 5.46. The van der Waals surface area contributed by atoms with Gasteiger partial charge in [-0.15, -0.1) is 0 Å². The lowest BCUT2D eigenvalue weighted by Gasteiger charge is -2.14. The molecule has 0 aromatic rings. The molecule has 98 valence electrons. The largest absolute Gasteiger partial charge is 0.481 e. The van der Waals surface area contributed by atoms with Gasteiger partial charge in [0.2, 0.25) is 0 Å². The highest BCUT2D eigenvalue weighted by Gasteiger charge is 2.19. The molecule has 0 aromatic heterocycles. The van der Waals surface area contributed by atoms with Gasteiger partial charge < -0.3 is 20.8 Å². The monoisotopic (exact) mass is 246 g/mol. The number of aliphatic carboxylic acids is 2. The first kappa shape index (κ1) is 15.2. The molecule has 0 rings (SSSR count). The zero-order valence-electron chi connectivity index (χ0n) is 9.73. The summed E-state index contributed by atoms with van der Waals surface area (Å²) in [6.07, 6.45) is 0.952. The number of carboxylic acids is 2. The van der Waals surface area contributed by atoms with Gasteiger partial charge in [-0.2, -0.15) is 0 Å². The fraction of sp³-hybridized carbons (Fsp3) is 0.700. The molecule has 0 aliphatic carbocycles. The van der Waals surface area contributed by atoms with E-state index in [2.05, 4.69) is 10.6 Å². The van der Waals surface area contributed by atoms with Gasteiger partial charge in [-0.1, -0.05) is 6.92 Å². The van der Waals surface area contributed by atoms with Crippen molar-refractivity contribution in [2.75, 3.05) is 6.54 Å². The number of hydrogen-bond donors (Lipinski definition) is 4. The maximum absolute atomic E-state index is 11.2. The van der Waals surface area contributed by atoms with Gasteiger partial charge in [-0.25, -0.2) is 9.59 Å². The van der Waals surface area contributed by atoms with E-state index < -0.39 is 24.0 Å². The minimum Gasteiger partial charge on any atom is -0.481 e. The van der Waals surface area contributed by atoms with E-state index in [9.17, 15) is 14.4 Å². The molecule has 0 spiro atoms.